The molecule has 2 N–H and O–H groups in total. The minimum atomic E-state index is -0.716. The fourth-order valence-corrected chi connectivity index (χ4v) is 3.23. The molecule has 0 amide bonds. The second kappa shape index (κ2) is 7.32. The second-order valence-corrected chi connectivity index (χ2v) is 6.45. The van der Waals surface area contributed by atoms with Gasteiger partial charge in [0.15, 0.2) is 5.96 Å². The normalized spacial score (nSPS) is 21.0. The summed E-state index contributed by atoms with van der Waals surface area (Å²) >= 11 is 0. The summed E-state index contributed by atoms with van der Waals surface area (Å²) in [5.74, 6) is 0.905. The number of nitrogens with zero attached hydrogens (tertiary/aromatic N) is 2. The van der Waals surface area contributed by atoms with Gasteiger partial charge in [0.1, 0.15) is 0 Å². The van der Waals surface area contributed by atoms with Crippen molar-refractivity contribution in [2.24, 2.45) is 4.99 Å². The van der Waals surface area contributed by atoms with E-state index >= 15 is 0 Å². The van der Waals surface area contributed by atoms with Gasteiger partial charge in [-0.25, -0.2) is 0 Å². The maximum absolute atomic E-state index is 10.6. The van der Waals surface area contributed by atoms with Gasteiger partial charge in [0.2, 0.25) is 0 Å². The molecule has 1 fully saturated rings. The van der Waals surface area contributed by atoms with Crippen LogP contribution in [0.15, 0.2) is 29.3 Å². The topological polar surface area (TPSA) is 57.1 Å². The minimum absolute atomic E-state index is 0.441. The Hall–Kier alpha value is -1.59. The number of fused-ring (bicyclic) bond motifs is 1. The summed E-state index contributed by atoms with van der Waals surface area (Å²) < 4.78 is 5.34. The molecule has 3 rings (SSSR count). The highest BCUT2D eigenvalue weighted by Gasteiger charge is 2.30. The van der Waals surface area contributed by atoms with Crippen molar-refractivity contribution in [3.63, 3.8) is 0 Å². The molecule has 126 valence electrons. The molecule has 0 unspecified atom stereocenters. The smallest absolute Gasteiger partial charge is 0.194 e. The number of hydrogen-bond acceptors (Lipinski definition) is 3. The third-order valence-electron chi connectivity index (χ3n) is 4.71. The fourth-order valence-electron chi connectivity index (χ4n) is 3.23. The van der Waals surface area contributed by atoms with Gasteiger partial charge in [-0.3, -0.25) is 4.99 Å². The van der Waals surface area contributed by atoms with Gasteiger partial charge in [-0.2, -0.15) is 0 Å². The van der Waals surface area contributed by atoms with Crippen molar-refractivity contribution in [1.29, 1.82) is 0 Å². The molecule has 23 heavy (non-hydrogen) atoms. The second-order valence-electron chi connectivity index (χ2n) is 6.45. The van der Waals surface area contributed by atoms with Crippen LogP contribution in [0.3, 0.4) is 0 Å². The summed E-state index contributed by atoms with van der Waals surface area (Å²) in [4.78, 5) is 7.02. The molecule has 0 atom stereocenters. The average molecular weight is 317 g/mol. The van der Waals surface area contributed by atoms with Gasteiger partial charge in [-0.1, -0.05) is 24.3 Å². The van der Waals surface area contributed by atoms with E-state index in [9.17, 15) is 5.11 Å². The lowest BCUT2D eigenvalue weighted by molar-refractivity contribution is -0.0566. The van der Waals surface area contributed by atoms with Crippen LogP contribution in [0.1, 0.15) is 30.9 Å². The van der Waals surface area contributed by atoms with Crippen molar-refractivity contribution in [3.8, 4) is 0 Å². The Morgan fingerprint density at radius 1 is 1.30 bits per heavy atom. The first-order valence-electron chi connectivity index (χ1n) is 8.60. The molecule has 2 heterocycles. The van der Waals surface area contributed by atoms with Crippen LogP contribution in [-0.2, 0) is 17.7 Å². The van der Waals surface area contributed by atoms with Crippen molar-refractivity contribution >= 4 is 5.96 Å². The monoisotopic (exact) mass is 317 g/mol. The molecular formula is C18H27N3O2. The van der Waals surface area contributed by atoms with Gasteiger partial charge >= 0.3 is 0 Å². The minimum Gasteiger partial charge on any atom is -0.388 e. The van der Waals surface area contributed by atoms with E-state index in [-0.39, 0.29) is 0 Å². The van der Waals surface area contributed by atoms with E-state index in [0.29, 0.717) is 32.6 Å². The molecule has 1 saturated heterocycles. The molecule has 0 spiro atoms. The van der Waals surface area contributed by atoms with Crippen molar-refractivity contribution in [3.05, 3.63) is 35.4 Å². The SMILES string of the molecule is CCNC(=NCC1(O)CCOCC1)N1CCc2ccccc2C1. The number of ether oxygens (including phenoxy) is 1. The first-order chi connectivity index (χ1) is 11.2. The van der Waals surface area contributed by atoms with Crippen molar-refractivity contribution in [2.75, 3.05) is 32.8 Å². The standard InChI is InChI=1S/C18H27N3O2/c1-2-19-17(20-14-18(22)8-11-23-12-9-18)21-10-7-15-5-3-4-6-16(15)13-21/h3-6,22H,2,7-14H2,1H3,(H,19,20). The van der Waals surface area contributed by atoms with Crippen LogP contribution in [0.4, 0.5) is 0 Å². The molecule has 5 nitrogen and oxygen atoms in total. The summed E-state index contributed by atoms with van der Waals surface area (Å²) in [6, 6.07) is 8.60. The average Bonchev–Trinajstić information content (AvgIpc) is 2.59. The van der Waals surface area contributed by atoms with Gasteiger partial charge in [0.25, 0.3) is 0 Å². The van der Waals surface area contributed by atoms with Crippen LogP contribution >= 0.6 is 0 Å². The predicted molar refractivity (Wildman–Crippen MR) is 91.5 cm³/mol. The zero-order valence-corrected chi connectivity index (χ0v) is 13.9. The Balaban J connectivity index is 1.70. The molecule has 1 aromatic carbocycles. The van der Waals surface area contributed by atoms with Crippen molar-refractivity contribution in [1.82, 2.24) is 10.2 Å². The van der Waals surface area contributed by atoms with Crippen molar-refractivity contribution in [2.45, 2.75) is 38.3 Å². The summed E-state index contributed by atoms with van der Waals surface area (Å²) in [7, 11) is 0. The van der Waals surface area contributed by atoms with Gasteiger partial charge in [-0.05, 0) is 24.5 Å². The molecule has 0 radical (unpaired) electrons. The maximum Gasteiger partial charge on any atom is 0.194 e. The third-order valence-corrected chi connectivity index (χ3v) is 4.71. The fraction of sp³-hybridized carbons (Fsp3) is 0.611. The van der Waals surface area contributed by atoms with Gasteiger partial charge in [-0.15, -0.1) is 0 Å². The quantitative estimate of drug-likeness (QED) is 0.656. The lowest BCUT2D eigenvalue weighted by Gasteiger charge is -2.34. The summed E-state index contributed by atoms with van der Waals surface area (Å²) in [5, 5.41) is 14.0. The van der Waals surface area contributed by atoms with Crippen LogP contribution in [0, 0.1) is 0 Å². The number of aliphatic hydroxyl groups is 1. The Bertz CT molecular complexity index is 553. The number of nitrogens with one attached hydrogen (secondary N) is 1. The first kappa shape index (κ1) is 16.3. The summed E-state index contributed by atoms with van der Waals surface area (Å²) in [6.45, 7) is 6.44. The third kappa shape index (κ3) is 4.03. The van der Waals surface area contributed by atoms with Gasteiger partial charge in [0.05, 0.1) is 12.1 Å². The molecule has 0 saturated carbocycles. The molecule has 0 aromatic heterocycles. The summed E-state index contributed by atoms with van der Waals surface area (Å²) in [6.07, 6.45) is 2.37. The van der Waals surface area contributed by atoms with E-state index < -0.39 is 5.60 Å². The number of guanidine groups is 1. The highest BCUT2D eigenvalue weighted by molar-refractivity contribution is 5.80. The highest BCUT2D eigenvalue weighted by Crippen LogP contribution is 2.22. The number of aliphatic imine (C=N–C) groups is 1. The zero-order valence-electron chi connectivity index (χ0n) is 13.9. The van der Waals surface area contributed by atoms with E-state index in [4.69, 9.17) is 9.73 Å². The van der Waals surface area contributed by atoms with E-state index in [1.165, 1.54) is 11.1 Å². The van der Waals surface area contributed by atoms with Gasteiger partial charge in [0, 0.05) is 45.7 Å². The van der Waals surface area contributed by atoms with Gasteiger partial charge < -0.3 is 20.1 Å². The van der Waals surface area contributed by atoms with Crippen LogP contribution in [0.25, 0.3) is 0 Å². The van der Waals surface area contributed by atoms with E-state index in [0.717, 1.165) is 32.0 Å². The molecule has 1 aromatic rings. The molecule has 0 aliphatic carbocycles. The largest absolute Gasteiger partial charge is 0.388 e. The molecule has 0 bridgehead atoms. The number of benzene rings is 1. The molecule has 5 heteroatoms. The molecule has 2 aliphatic heterocycles. The van der Waals surface area contributed by atoms with E-state index in [2.05, 4.69) is 41.4 Å². The number of rotatable bonds is 3. The lowest BCUT2D eigenvalue weighted by atomic mass is 9.95. The predicted octanol–water partition coefficient (Wildman–Crippen LogP) is 1.55. The van der Waals surface area contributed by atoms with E-state index in [1.54, 1.807) is 0 Å². The molecule has 2 aliphatic rings. The summed E-state index contributed by atoms with van der Waals surface area (Å²) in [5.41, 5.74) is 2.09. The van der Waals surface area contributed by atoms with Crippen LogP contribution in [0.2, 0.25) is 0 Å². The number of hydrogen-bond donors (Lipinski definition) is 2. The Morgan fingerprint density at radius 2 is 2.04 bits per heavy atom. The maximum atomic E-state index is 10.6. The Labute approximate surface area is 138 Å². The van der Waals surface area contributed by atoms with Crippen molar-refractivity contribution < 1.29 is 9.84 Å². The van der Waals surface area contributed by atoms with E-state index in [1.807, 2.05) is 0 Å². The lowest BCUT2D eigenvalue weighted by Crippen LogP contribution is -2.46. The Kier molecular flexibility index (Phi) is 5.18. The molecular weight excluding hydrogens is 290 g/mol. The first-order valence-corrected chi connectivity index (χ1v) is 8.60. The zero-order chi connectivity index (χ0) is 16.1. The van der Waals surface area contributed by atoms with Crippen LogP contribution in [-0.4, -0.2) is 54.4 Å². The highest BCUT2D eigenvalue weighted by atomic mass is 16.5. The van der Waals surface area contributed by atoms with Crippen LogP contribution < -0.4 is 5.32 Å². The van der Waals surface area contributed by atoms with Crippen LogP contribution in [0.5, 0.6) is 0 Å². The Morgan fingerprint density at radius 3 is 2.78 bits per heavy atom.